The molecule has 2 heteroatoms. The van der Waals surface area contributed by atoms with Crippen molar-refractivity contribution in [3.05, 3.63) is 0 Å². The molecule has 0 bridgehead atoms. The first kappa shape index (κ1) is 4.72. The lowest BCUT2D eigenvalue weighted by Gasteiger charge is -1.87. The maximum atomic E-state index is 4.43. The molecule has 0 radical (unpaired) electrons. The summed E-state index contributed by atoms with van der Waals surface area (Å²) in [5.41, 5.74) is 0. The monoisotopic (exact) mass is 118 g/mol. The number of hydrogen-bond acceptors (Lipinski definition) is 1. The van der Waals surface area contributed by atoms with Gasteiger partial charge in [-0.3, -0.25) is 0 Å². The Morgan fingerprint density at radius 1 is 1.17 bits per heavy atom. The van der Waals surface area contributed by atoms with Gasteiger partial charge in [0.2, 0.25) is 0 Å². The van der Waals surface area contributed by atoms with Crippen LogP contribution in [0.4, 0.5) is 0 Å². The molecule has 0 aliphatic carbocycles. The van der Waals surface area contributed by atoms with Crippen molar-refractivity contribution in [2.45, 2.75) is 24.9 Å². The van der Waals surface area contributed by atoms with E-state index < -0.39 is 0 Å². The molecule has 0 aromatic carbocycles. The van der Waals surface area contributed by atoms with E-state index in [9.17, 15) is 0 Å². The zero-order valence-electron chi connectivity index (χ0n) is 3.85. The molecule has 0 atom stereocenters. The minimum Gasteiger partial charge on any atom is -0.206 e. The van der Waals surface area contributed by atoms with Crippen molar-refractivity contribution in [1.29, 1.82) is 0 Å². The Hall–Kier alpha value is 0.567. The standard InChI is InChI=1S/C4H10SSi/c5-6-3-1-2-4-6/h5-6H,1-4H2. The molecule has 1 aliphatic rings. The van der Waals surface area contributed by atoms with Crippen molar-refractivity contribution in [1.82, 2.24) is 0 Å². The molecule has 1 fully saturated rings. The van der Waals surface area contributed by atoms with Crippen LogP contribution < -0.4 is 0 Å². The van der Waals surface area contributed by atoms with Crippen molar-refractivity contribution in [3.63, 3.8) is 0 Å². The fourth-order valence-corrected chi connectivity index (χ4v) is 3.81. The maximum absolute atomic E-state index is 4.43. The largest absolute Gasteiger partial charge is 0.206 e. The second-order valence-electron chi connectivity index (χ2n) is 1.94. The summed E-state index contributed by atoms with van der Waals surface area (Å²) in [5.74, 6) is 0. The van der Waals surface area contributed by atoms with Gasteiger partial charge in [-0.25, -0.2) is 12.1 Å². The SMILES string of the molecule is S[SiH]1CCCC1. The van der Waals surface area contributed by atoms with Crippen LogP contribution in [0, 0.1) is 0 Å². The van der Waals surface area contributed by atoms with Crippen LogP contribution in [0.15, 0.2) is 0 Å². The van der Waals surface area contributed by atoms with E-state index in [4.69, 9.17) is 0 Å². The van der Waals surface area contributed by atoms with Crippen LogP contribution in [0.3, 0.4) is 0 Å². The smallest absolute Gasteiger partial charge is 0.0971 e. The molecule has 6 heavy (non-hydrogen) atoms. The Bertz CT molecular complexity index is 40.8. The highest BCUT2D eigenvalue weighted by molar-refractivity contribution is 8.10. The lowest BCUT2D eigenvalue weighted by Crippen LogP contribution is -1.90. The van der Waals surface area contributed by atoms with Crippen molar-refractivity contribution in [2.24, 2.45) is 0 Å². The van der Waals surface area contributed by atoms with Gasteiger partial charge in [0.1, 0.15) is 0 Å². The summed E-state index contributed by atoms with van der Waals surface area (Å²) >= 11 is 4.43. The lowest BCUT2D eigenvalue weighted by atomic mass is 10.4. The Morgan fingerprint density at radius 3 is 1.83 bits per heavy atom. The first-order chi connectivity index (χ1) is 2.89. The summed E-state index contributed by atoms with van der Waals surface area (Å²) in [6, 6.07) is 2.98. The minimum atomic E-state index is -0.355. The van der Waals surface area contributed by atoms with Gasteiger partial charge in [-0.1, -0.05) is 24.9 Å². The molecule has 0 aromatic heterocycles. The van der Waals surface area contributed by atoms with E-state index in [0.717, 1.165) is 0 Å². The third-order valence-corrected chi connectivity index (χ3v) is 5.02. The van der Waals surface area contributed by atoms with E-state index in [1.165, 1.54) is 24.9 Å². The van der Waals surface area contributed by atoms with Gasteiger partial charge in [0, 0.05) is 0 Å². The zero-order valence-corrected chi connectivity index (χ0v) is 5.90. The minimum absolute atomic E-state index is 0.355. The third kappa shape index (κ3) is 1.01. The van der Waals surface area contributed by atoms with Gasteiger partial charge < -0.3 is 0 Å². The predicted octanol–water partition coefficient (Wildman–Crippen LogP) is 1.43. The zero-order chi connectivity index (χ0) is 4.41. The summed E-state index contributed by atoms with van der Waals surface area (Å²) < 4.78 is 0. The van der Waals surface area contributed by atoms with Gasteiger partial charge in [-0.05, 0) is 0 Å². The van der Waals surface area contributed by atoms with Crippen molar-refractivity contribution >= 4 is 20.0 Å². The molecule has 0 aromatic rings. The topological polar surface area (TPSA) is 0 Å². The highest BCUT2D eigenvalue weighted by Crippen LogP contribution is 2.20. The summed E-state index contributed by atoms with van der Waals surface area (Å²) in [7, 11) is -0.355. The average molecular weight is 118 g/mol. The van der Waals surface area contributed by atoms with Crippen LogP contribution in [0.1, 0.15) is 12.8 Å². The fraction of sp³-hybridized carbons (Fsp3) is 1.00. The van der Waals surface area contributed by atoms with Crippen LogP contribution in [-0.4, -0.2) is 7.95 Å². The Morgan fingerprint density at radius 2 is 1.67 bits per heavy atom. The quantitative estimate of drug-likeness (QED) is 0.361. The predicted molar refractivity (Wildman–Crippen MR) is 35.0 cm³/mol. The molecule has 0 N–H and O–H groups in total. The van der Waals surface area contributed by atoms with Gasteiger partial charge in [0.25, 0.3) is 0 Å². The summed E-state index contributed by atoms with van der Waals surface area (Å²) in [4.78, 5) is 0. The Labute approximate surface area is 45.6 Å². The van der Waals surface area contributed by atoms with Gasteiger partial charge in [-0.2, -0.15) is 0 Å². The molecule has 1 aliphatic heterocycles. The third-order valence-electron chi connectivity index (χ3n) is 1.32. The average Bonchev–Trinajstić information content (AvgIpc) is 1.86. The molecule has 1 saturated heterocycles. The molecule has 0 amide bonds. The molecule has 0 saturated carbocycles. The van der Waals surface area contributed by atoms with Gasteiger partial charge in [0.15, 0.2) is 0 Å². The maximum Gasteiger partial charge on any atom is 0.0971 e. The molecule has 1 heterocycles. The van der Waals surface area contributed by atoms with Crippen molar-refractivity contribution in [2.75, 3.05) is 0 Å². The summed E-state index contributed by atoms with van der Waals surface area (Å²) in [6.45, 7) is 0. The van der Waals surface area contributed by atoms with Gasteiger partial charge >= 0.3 is 0 Å². The molecule has 0 nitrogen and oxygen atoms in total. The molecular formula is C4H10SSi. The molecule has 0 spiro atoms. The van der Waals surface area contributed by atoms with Crippen LogP contribution >= 0.6 is 12.1 Å². The van der Waals surface area contributed by atoms with E-state index in [0.29, 0.717) is 0 Å². The first-order valence-corrected chi connectivity index (χ1v) is 6.27. The van der Waals surface area contributed by atoms with Crippen LogP contribution in [0.25, 0.3) is 0 Å². The lowest BCUT2D eigenvalue weighted by molar-refractivity contribution is 0.935. The Balaban J connectivity index is 2.18. The van der Waals surface area contributed by atoms with Gasteiger partial charge in [0.05, 0.1) is 7.95 Å². The van der Waals surface area contributed by atoms with E-state index in [2.05, 4.69) is 12.1 Å². The van der Waals surface area contributed by atoms with E-state index in [-0.39, 0.29) is 7.95 Å². The van der Waals surface area contributed by atoms with E-state index in [1.807, 2.05) is 0 Å². The normalized spacial score (nSPS) is 25.5. The number of rotatable bonds is 0. The molecule has 36 valence electrons. The van der Waals surface area contributed by atoms with Crippen molar-refractivity contribution < 1.29 is 0 Å². The Kier molecular flexibility index (Phi) is 1.59. The highest BCUT2D eigenvalue weighted by Gasteiger charge is 2.10. The van der Waals surface area contributed by atoms with Crippen LogP contribution in [0.2, 0.25) is 12.1 Å². The van der Waals surface area contributed by atoms with Crippen LogP contribution in [0.5, 0.6) is 0 Å². The van der Waals surface area contributed by atoms with Crippen LogP contribution in [-0.2, 0) is 0 Å². The second-order valence-corrected chi connectivity index (χ2v) is 6.59. The van der Waals surface area contributed by atoms with Gasteiger partial charge in [-0.15, -0.1) is 0 Å². The molecule has 0 unspecified atom stereocenters. The highest BCUT2D eigenvalue weighted by atomic mass is 32.3. The molecule has 1 rings (SSSR count). The van der Waals surface area contributed by atoms with E-state index >= 15 is 0 Å². The first-order valence-electron chi connectivity index (χ1n) is 2.57. The van der Waals surface area contributed by atoms with Crippen molar-refractivity contribution in [3.8, 4) is 0 Å². The summed E-state index contributed by atoms with van der Waals surface area (Å²) in [6.07, 6.45) is 2.95. The molecular weight excluding hydrogens is 108 g/mol. The second kappa shape index (κ2) is 2.03. The number of hydrogen-bond donors (Lipinski definition) is 1. The fourth-order valence-electron chi connectivity index (χ4n) is 0.904. The summed E-state index contributed by atoms with van der Waals surface area (Å²) in [5, 5.41) is 0. The van der Waals surface area contributed by atoms with E-state index in [1.54, 1.807) is 0 Å². The number of thiol groups is 1.